The van der Waals surface area contributed by atoms with Gasteiger partial charge < -0.3 is 0 Å². The van der Waals surface area contributed by atoms with E-state index in [1.54, 1.807) is 0 Å². The predicted octanol–water partition coefficient (Wildman–Crippen LogP) is 2.01. The molecule has 1 unspecified atom stereocenters. The summed E-state index contributed by atoms with van der Waals surface area (Å²) in [5, 5.41) is 2.38. The minimum atomic E-state index is -0.248. The Bertz CT molecular complexity index is 451. The summed E-state index contributed by atoms with van der Waals surface area (Å²) >= 11 is 0. The van der Waals surface area contributed by atoms with Crippen LogP contribution in [0.3, 0.4) is 0 Å². The van der Waals surface area contributed by atoms with E-state index >= 15 is 0 Å². The summed E-state index contributed by atoms with van der Waals surface area (Å²) in [4.78, 5) is 23.1. The van der Waals surface area contributed by atoms with Crippen LogP contribution in [0.25, 0.3) is 0 Å². The van der Waals surface area contributed by atoms with Gasteiger partial charge >= 0.3 is 0 Å². The summed E-state index contributed by atoms with van der Waals surface area (Å²) in [7, 11) is 0. The van der Waals surface area contributed by atoms with Gasteiger partial charge in [-0.15, -0.1) is 0 Å². The fourth-order valence-corrected chi connectivity index (χ4v) is 2.08. The zero-order chi connectivity index (χ0) is 11.7. The number of hydrogen-bond acceptors (Lipinski definition) is 2. The molecule has 0 saturated carbocycles. The van der Waals surface area contributed by atoms with Gasteiger partial charge in [0, 0.05) is 5.56 Å². The summed E-state index contributed by atoms with van der Waals surface area (Å²) in [6.45, 7) is 4.19. The van der Waals surface area contributed by atoms with Gasteiger partial charge in [0.25, 0.3) is 5.91 Å². The van der Waals surface area contributed by atoms with Crippen LogP contribution in [0.1, 0.15) is 47.7 Å². The van der Waals surface area contributed by atoms with Crippen LogP contribution in [0.2, 0.25) is 0 Å². The molecule has 0 aliphatic carbocycles. The van der Waals surface area contributed by atoms with Gasteiger partial charge in [-0.05, 0) is 23.5 Å². The standard InChI is InChI=1S/C13H15NO2/c1-3-8(2)10-6-4-5-9-7-11(15)14-13(16)12(9)10/h4-6,8H,3,7H2,1-2H3,(H,14,15,16). The highest BCUT2D eigenvalue weighted by molar-refractivity contribution is 6.10. The number of amides is 2. The minimum absolute atomic E-state index is 0.209. The van der Waals surface area contributed by atoms with Gasteiger partial charge in [-0.3, -0.25) is 14.9 Å². The molecule has 84 valence electrons. The van der Waals surface area contributed by atoms with Gasteiger partial charge in [0.15, 0.2) is 0 Å². The molecule has 0 fully saturated rings. The van der Waals surface area contributed by atoms with Crippen molar-refractivity contribution in [3.63, 3.8) is 0 Å². The molecule has 1 aromatic carbocycles. The summed E-state index contributed by atoms with van der Waals surface area (Å²) in [6.07, 6.45) is 1.29. The highest BCUT2D eigenvalue weighted by atomic mass is 16.2. The lowest BCUT2D eigenvalue weighted by atomic mass is 9.87. The topological polar surface area (TPSA) is 46.2 Å². The molecule has 0 radical (unpaired) electrons. The summed E-state index contributed by atoms with van der Waals surface area (Å²) in [5.41, 5.74) is 2.60. The molecule has 0 aromatic heterocycles. The van der Waals surface area contributed by atoms with Crippen molar-refractivity contribution in [2.45, 2.75) is 32.6 Å². The molecule has 1 N–H and O–H groups in total. The first-order valence-corrected chi connectivity index (χ1v) is 5.59. The first-order chi connectivity index (χ1) is 7.63. The maximum Gasteiger partial charge on any atom is 0.258 e. The van der Waals surface area contributed by atoms with Crippen LogP contribution in [0.5, 0.6) is 0 Å². The van der Waals surface area contributed by atoms with Gasteiger partial charge in [0.05, 0.1) is 6.42 Å². The van der Waals surface area contributed by atoms with Crippen molar-refractivity contribution >= 4 is 11.8 Å². The van der Waals surface area contributed by atoms with E-state index in [0.29, 0.717) is 17.9 Å². The van der Waals surface area contributed by atoms with Crippen LogP contribution in [0.4, 0.5) is 0 Å². The van der Waals surface area contributed by atoms with Crippen LogP contribution in [0.15, 0.2) is 18.2 Å². The van der Waals surface area contributed by atoms with E-state index in [0.717, 1.165) is 17.5 Å². The zero-order valence-electron chi connectivity index (χ0n) is 9.54. The van der Waals surface area contributed by atoms with Crippen molar-refractivity contribution in [2.75, 3.05) is 0 Å². The van der Waals surface area contributed by atoms with Crippen molar-refractivity contribution < 1.29 is 9.59 Å². The third-order valence-electron chi connectivity index (χ3n) is 3.16. The maximum atomic E-state index is 11.8. The van der Waals surface area contributed by atoms with Crippen molar-refractivity contribution in [2.24, 2.45) is 0 Å². The Morgan fingerprint density at radius 3 is 2.81 bits per heavy atom. The summed E-state index contributed by atoms with van der Waals surface area (Å²) < 4.78 is 0. The van der Waals surface area contributed by atoms with Crippen molar-refractivity contribution in [3.8, 4) is 0 Å². The Balaban J connectivity index is 2.54. The molecular formula is C13H15NO2. The molecule has 0 bridgehead atoms. The lowest BCUT2D eigenvalue weighted by Gasteiger charge is -2.21. The Hall–Kier alpha value is -1.64. The predicted molar refractivity (Wildman–Crippen MR) is 61.3 cm³/mol. The normalized spacial score (nSPS) is 16.6. The zero-order valence-corrected chi connectivity index (χ0v) is 9.54. The van der Waals surface area contributed by atoms with E-state index < -0.39 is 0 Å². The third-order valence-corrected chi connectivity index (χ3v) is 3.16. The Morgan fingerprint density at radius 2 is 2.12 bits per heavy atom. The molecular weight excluding hydrogens is 202 g/mol. The molecule has 1 aliphatic rings. The Kier molecular flexibility index (Phi) is 2.77. The molecule has 0 spiro atoms. The molecule has 0 saturated heterocycles. The van der Waals surface area contributed by atoms with Crippen LogP contribution in [-0.2, 0) is 11.2 Å². The van der Waals surface area contributed by atoms with Crippen LogP contribution >= 0.6 is 0 Å². The van der Waals surface area contributed by atoms with E-state index in [2.05, 4.69) is 19.2 Å². The second-order valence-electron chi connectivity index (χ2n) is 4.24. The molecule has 3 nitrogen and oxygen atoms in total. The van der Waals surface area contributed by atoms with Crippen LogP contribution in [-0.4, -0.2) is 11.8 Å². The second kappa shape index (κ2) is 4.08. The molecule has 1 atom stereocenters. The third kappa shape index (κ3) is 1.73. The molecule has 16 heavy (non-hydrogen) atoms. The lowest BCUT2D eigenvalue weighted by Crippen LogP contribution is -2.38. The van der Waals surface area contributed by atoms with Crippen LogP contribution in [0, 0.1) is 0 Å². The average molecular weight is 217 g/mol. The number of imide groups is 1. The fourth-order valence-electron chi connectivity index (χ4n) is 2.08. The number of nitrogens with one attached hydrogen (secondary N) is 1. The van der Waals surface area contributed by atoms with Gasteiger partial charge in [-0.25, -0.2) is 0 Å². The molecule has 1 aromatic rings. The smallest absolute Gasteiger partial charge is 0.258 e. The molecule has 1 aliphatic heterocycles. The molecule has 2 rings (SSSR count). The monoisotopic (exact) mass is 217 g/mol. The molecule has 1 heterocycles. The number of hydrogen-bond donors (Lipinski definition) is 1. The highest BCUT2D eigenvalue weighted by Crippen LogP contribution is 2.27. The highest BCUT2D eigenvalue weighted by Gasteiger charge is 2.25. The quantitative estimate of drug-likeness (QED) is 0.770. The number of benzene rings is 1. The van der Waals surface area contributed by atoms with E-state index in [1.807, 2.05) is 18.2 Å². The number of carbonyl (C=O) groups excluding carboxylic acids is 2. The van der Waals surface area contributed by atoms with E-state index in [4.69, 9.17) is 0 Å². The second-order valence-corrected chi connectivity index (χ2v) is 4.24. The molecule has 2 amide bonds. The van der Waals surface area contributed by atoms with Crippen LogP contribution < -0.4 is 5.32 Å². The Labute approximate surface area is 94.9 Å². The summed E-state index contributed by atoms with van der Waals surface area (Å²) in [6, 6.07) is 5.76. The van der Waals surface area contributed by atoms with Crippen molar-refractivity contribution in [1.82, 2.24) is 5.32 Å². The van der Waals surface area contributed by atoms with Gasteiger partial charge in [0.2, 0.25) is 5.91 Å². The van der Waals surface area contributed by atoms with E-state index in [-0.39, 0.29) is 11.8 Å². The fraction of sp³-hybridized carbons (Fsp3) is 0.385. The number of rotatable bonds is 2. The van der Waals surface area contributed by atoms with Gasteiger partial charge in [-0.2, -0.15) is 0 Å². The number of fused-ring (bicyclic) bond motifs is 1. The molecule has 3 heteroatoms. The lowest BCUT2D eigenvalue weighted by molar-refractivity contribution is -0.119. The summed E-state index contributed by atoms with van der Waals surface area (Å²) in [5.74, 6) is -0.116. The largest absolute Gasteiger partial charge is 0.292 e. The van der Waals surface area contributed by atoms with Gasteiger partial charge in [-0.1, -0.05) is 32.0 Å². The van der Waals surface area contributed by atoms with E-state index in [9.17, 15) is 9.59 Å². The minimum Gasteiger partial charge on any atom is -0.292 e. The maximum absolute atomic E-state index is 11.8. The van der Waals surface area contributed by atoms with Gasteiger partial charge in [0.1, 0.15) is 0 Å². The van der Waals surface area contributed by atoms with Crippen molar-refractivity contribution in [1.29, 1.82) is 0 Å². The first kappa shape index (κ1) is 10.9. The first-order valence-electron chi connectivity index (χ1n) is 5.59. The SMILES string of the molecule is CCC(C)c1cccc2c1C(=O)NC(=O)C2. The Morgan fingerprint density at radius 1 is 1.38 bits per heavy atom. The number of carbonyl (C=O) groups is 2. The average Bonchev–Trinajstić information content (AvgIpc) is 2.26. The van der Waals surface area contributed by atoms with E-state index in [1.165, 1.54) is 0 Å². The van der Waals surface area contributed by atoms with Crippen molar-refractivity contribution in [3.05, 3.63) is 34.9 Å².